The number of carbonyl (C=O) groups is 1. The van der Waals surface area contributed by atoms with Crippen molar-refractivity contribution in [3.05, 3.63) is 47.0 Å². The van der Waals surface area contributed by atoms with E-state index < -0.39 is 10.0 Å². The molecule has 0 radical (unpaired) electrons. The highest BCUT2D eigenvalue weighted by Gasteiger charge is 2.24. The summed E-state index contributed by atoms with van der Waals surface area (Å²) in [6.45, 7) is 1.30. The topological polar surface area (TPSA) is 84.9 Å². The summed E-state index contributed by atoms with van der Waals surface area (Å²) >= 11 is 6.00. The fraction of sp³-hybridized carbons (Fsp3) is 0.381. The van der Waals surface area contributed by atoms with E-state index in [0.29, 0.717) is 29.6 Å². The van der Waals surface area contributed by atoms with Crippen LogP contribution in [0.25, 0.3) is 0 Å². The molecule has 0 unspecified atom stereocenters. The molecular weight excluding hydrogens is 428 g/mol. The Bertz CT molecular complexity index is 1020. The molecule has 0 aliphatic carbocycles. The lowest BCUT2D eigenvalue weighted by molar-refractivity contribution is 0.0758. The predicted octanol–water partition coefficient (Wildman–Crippen LogP) is 4.17. The number of rotatable bonds is 6. The van der Waals surface area contributed by atoms with E-state index >= 15 is 0 Å². The van der Waals surface area contributed by atoms with E-state index in [-0.39, 0.29) is 22.1 Å². The molecule has 0 saturated carbocycles. The molecule has 0 atom stereocenters. The van der Waals surface area contributed by atoms with E-state index in [2.05, 4.69) is 4.72 Å². The number of halogens is 1. The van der Waals surface area contributed by atoms with Gasteiger partial charge in [-0.2, -0.15) is 0 Å². The Morgan fingerprint density at radius 2 is 1.60 bits per heavy atom. The van der Waals surface area contributed by atoms with Gasteiger partial charge in [0, 0.05) is 18.1 Å². The van der Waals surface area contributed by atoms with Crippen molar-refractivity contribution < 1.29 is 22.7 Å². The van der Waals surface area contributed by atoms with E-state index in [1.54, 1.807) is 17.0 Å². The van der Waals surface area contributed by atoms with Crippen LogP contribution in [0.1, 0.15) is 36.0 Å². The molecule has 1 N–H and O–H groups in total. The van der Waals surface area contributed by atoms with Crippen molar-refractivity contribution in [3.63, 3.8) is 0 Å². The monoisotopic (exact) mass is 452 g/mol. The molecule has 2 aromatic rings. The summed E-state index contributed by atoms with van der Waals surface area (Å²) in [5, 5.41) is 0.361. The lowest BCUT2D eigenvalue weighted by Crippen LogP contribution is -2.32. The molecule has 3 rings (SSSR count). The predicted molar refractivity (Wildman–Crippen MR) is 116 cm³/mol. The number of nitrogens with zero attached hydrogens (tertiary/aromatic N) is 1. The SMILES string of the molecule is COc1ccc(Cl)cc1NS(=O)(=O)c1ccc(OC)c(C(=O)N2CCCCCC2)c1. The number of ether oxygens (including phenoxy) is 2. The number of amides is 1. The molecule has 0 bridgehead atoms. The highest BCUT2D eigenvalue weighted by molar-refractivity contribution is 7.92. The summed E-state index contributed by atoms with van der Waals surface area (Å²) in [5.74, 6) is 0.437. The zero-order valence-corrected chi connectivity index (χ0v) is 18.6. The van der Waals surface area contributed by atoms with E-state index in [9.17, 15) is 13.2 Å². The molecule has 1 fully saturated rings. The van der Waals surface area contributed by atoms with Gasteiger partial charge in [0.15, 0.2) is 0 Å². The number of benzene rings is 2. The number of anilines is 1. The van der Waals surface area contributed by atoms with Gasteiger partial charge in [-0.1, -0.05) is 24.4 Å². The van der Waals surface area contributed by atoms with Gasteiger partial charge in [-0.3, -0.25) is 9.52 Å². The smallest absolute Gasteiger partial charge is 0.262 e. The molecular formula is C21H25ClN2O5S. The van der Waals surface area contributed by atoms with Crippen LogP contribution in [-0.2, 0) is 10.0 Å². The molecule has 162 valence electrons. The first-order valence-electron chi connectivity index (χ1n) is 9.69. The molecule has 0 aromatic heterocycles. The van der Waals surface area contributed by atoms with Crippen LogP contribution in [0.4, 0.5) is 5.69 Å². The first-order valence-corrected chi connectivity index (χ1v) is 11.6. The van der Waals surface area contributed by atoms with Crippen molar-refractivity contribution in [3.8, 4) is 11.5 Å². The third-order valence-electron chi connectivity index (χ3n) is 5.01. The summed E-state index contributed by atoms with van der Waals surface area (Å²) in [7, 11) is -1.10. The Morgan fingerprint density at radius 1 is 0.967 bits per heavy atom. The van der Waals surface area contributed by atoms with Gasteiger partial charge >= 0.3 is 0 Å². The van der Waals surface area contributed by atoms with E-state index in [4.69, 9.17) is 21.1 Å². The largest absolute Gasteiger partial charge is 0.496 e. The minimum Gasteiger partial charge on any atom is -0.496 e. The van der Waals surface area contributed by atoms with Crippen LogP contribution in [0.5, 0.6) is 11.5 Å². The maximum Gasteiger partial charge on any atom is 0.262 e. The van der Waals surface area contributed by atoms with Gasteiger partial charge in [0.05, 0.1) is 30.4 Å². The average Bonchev–Trinajstić information content (AvgIpc) is 3.02. The minimum absolute atomic E-state index is 0.0523. The van der Waals surface area contributed by atoms with Gasteiger partial charge < -0.3 is 14.4 Å². The van der Waals surface area contributed by atoms with Crippen molar-refractivity contribution in [2.75, 3.05) is 32.0 Å². The van der Waals surface area contributed by atoms with Crippen molar-refractivity contribution in [2.45, 2.75) is 30.6 Å². The summed E-state index contributed by atoms with van der Waals surface area (Å²) in [5.41, 5.74) is 0.432. The minimum atomic E-state index is -4.00. The van der Waals surface area contributed by atoms with Gasteiger partial charge in [0.1, 0.15) is 11.5 Å². The van der Waals surface area contributed by atoms with Gasteiger partial charge in [0.25, 0.3) is 15.9 Å². The molecule has 1 aliphatic heterocycles. The maximum atomic E-state index is 13.1. The zero-order valence-electron chi connectivity index (χ0n) is 17.0. The standard InChI is InChI=1S/C21H25ClN2O5S/c1-28-19-10-8-16(14-17(19)21(25)24-11-5-3-4-6-12-24)30(26,27)23-18-13-15(22)7-9-20(18)29-2/h7-10,13-14,23H,3-6,11-12H2,1-2H3. The van der Waals surface area contributed by atoms with Crippen molar-refractivity contribution in [1.82, 2.24) is 4.90 Å². The van der Waals surface area contributed by atoms with E-state index in [1.807, 2.05) is 0 Å². The summed E-state index contributed by atoms with van der Waals surface area (Å²) in [4.78, 5) is 14.8. The van der Waals surface area contributed by atoms with Crippen molar-refractivity contribution in [1.29, 1.82) is 0 Å². The van der Waals surface area contributed by atoms with Crippen molar-refractivity contribution in [2.24, 2.45) is 0 Å². The molecule has 1 heterocycles. The lowest BCUT2D eigenvalue weighted by atomic mass is 10.1. The second-order valence-corrected chi connectivity index (χ2v) is 9.14. The number of methoxy groups -OCH3 is 2. The number of hydrogen-bond donors (Lipinski definition) is 1. The molecule has 30 heavy (non-hydrogen) atoms. The molecule has 1 aliphatic rings. The van der Waals surface area contributed by atoms with Crippen LogP contribution in [-0.4, -0.2) is 46.5 Å². The summed E-state index contributed by atoms with van der Waals surface area (Å²) in [6, 6.07) is 8.88. The van der Waals surface area contributed by atoms with Crippen LogP contribution in [0.2, 0.25) is 5.02 Å². The zero-order chi connectivity index (χ0) is 21.7. The van der Waals surface area contributed by atoms with Crippen LogP contribution < -0.4 is 14.2 Å². The number of carbonyl (C=O) groups excluding carboxylic acids is 1. The normalized spacial score (nSPS) is 14.7. The molecule has 2 aromatic carbocycles. The van der Waals surface area contributed by atoms with Gasteiger partial charge in [0.2, 0.25) is 0 Å². The van der Waals surface area contributed by atoms with E-state index in [1.165, 1.54) is 38.5 Å². The Labute approximate surface area is 182 Å². The Morgan fingerprint density at radius 3 is 2.23 bits per heavy atom. The second-order valence-electron chi connectivity index (χ2n) is 7.02. The highest BCUT2D eigenvalue weighted by atomic mass is 35.5. The first-order chi connectivity index (χ1) is 14.4. The van der Waals surface area contributed by atoms with Gasteiger partial charge in [-0.05, 0) is 49.2 Å². The highest BCUT2D eigenvalue weighted by Crippen LogP contribution is 2.31. The Balaban J connectivity index is 1.95. The van der Waals surface area contributed by atoms with Crippen LogP contribution >= 0.6 is 11.6 Å². The molecule has 7 nitrogen and oxygen atoms in total. The van der Waals surface area contributed by atoms with E-state index in [0.717, 1.165) is 25.7 Å². The number of sulfonamides is 1. The quantitative estimate of drug-likeness (QED) is 0.710. The summed E-state index contributed by atoms with van der Waals surface area (Å²) in [6.07, 6.45) is 4.03. The van der Waals surface area contributed by atoms with Crippen LogP contribution in [0, 0.1) is 0 Å². The molecule has 1 amide bonds. The molecule has 0 spiro atoms. The number of hydrogen-bond acceptors (Lipinski definition) is 5. The van der Waals surface area contributed by atoms with Crippen LogP contribution in [0.3, 0.4) is 0 Å². The first kappa shape index (κ1) is 22.2. The fourth-order valence-electron chi connectivity index (χ4n) is 3.43. The van der Waals surface area contributed by atoms with Crippen molar-refractivity contribution >= 4 is 33.2 Å². The molecule has 9 heteroatoms. The van der Waals surface area contributed by atoms with Gasteiger partial charge in [-0.25, -0.2) is 8.42 Å². The second kappa shape index (κ2) is 9.57. The third-order valence-corrected chi connectivity index (χ3v) is 6.61. The number of likely N-dealkylation sites (tertiary alicyclic amines) is 1. The average molecular weight is 453 g/mol. The Hall–Kier alpha value is -2.45. The lowest BCUT2D eigenvalue weighted by Gasteiger charge is -2.22. The molecule has 1 saturated heterocycles. The Kier molecular flexibility index (Phi) is 7.10. The van der Waals surface area contributed by atoms with Gasteiger partial charge in [-0.15, -0.1) is 0 Å². The maximum absolute atomic E-state index is 13.1. The number of nitrogens with one attached hydrogen (secondary N) is 1. The third kappa shape index (κ3) is 4.99. The fourth-order valence-corrected chi connectivity index (χ4v) is 4.69. The summed E-state index contributed by atoms with van der Waals surface area (Å²) < 4.78 is 39.0. The van der Waals surface area contributed by atoms with Crippen LogP contribution in [0.15, 0.2) is 41.3 Å².